The zero-order valence-electron chi connectivity index (χ0n) is 7.03. The zero-order chi connectivity index (χ0) is 9.84. The first-order valence-corrected chi connectivity index (χ1v) is 4.14. The lowest BCUT2D eigenvalue weighted by Gasteiger charge is -2.08. The lowest BCUT2D eigenvalue weighted by atomic mass is 10.2. The molecule has 3 nitrogen and oxygen atoms in total. The van der Waals surface area contributed by atoms with Crippen LogP contribution in [-0.2, 0) is 4.79 Å². The molecule has 0 bridgehead atoms. The summed E-state index contributed by atoms with van der Waals surface area (Å²) in [5, 5.41) is 9.09. The molecule has 0 radical (unpaired) electrons. The second-order valence-corrected chi connectivity index (χ2v) is 2.88. The molecule has 0 aliphatic carbocycles. The van der Waals surface area contributed by atoms with Gasteiger partial charge in [0.25, 0.3) is 0 Å². The summed E-state index contributed by atoms with van der Waals surface area (Å²) in [6, 6.07) is 6.56. The van der Waals surface area contributed by atoms with Crippen molar-refractivity contribution in [2.45, 2.75) is 12.5 Å². The molecule has 0 saturated heterocycles. The number of hydrogen-bond donors (Lipinski definition) is 1. The van der Waals surface area contributed by atoms with Crippen LogP contribution in [0.25, 0.3) is 0 Å². The molecule has 0 aliphatic heterocycles. The maximum absolute atomic E-state index is 10.6. The van der Waals surface area contributed by atoms with Crippen LogP contribution in [0, 0.1) is 0 Å². The van der Waals surface area contributed by atoms with Gasteiger partial charge in [0.05, 0.1) is 0 Å². The predicted octanol–water partition coefficient (Wildman–Crippen LogP) is 1.84. The monoisotopic (exact) mass is 200 g/mol. The van der Waals surface area contributed by atoms with Gasteiger partial charge in [-0.1, -0.05) is 29.8 Å². The molecule has 1 N–H and O–H groups in total. The largest absolute Gasteiger partial charge is 0.426 e. The van der Waals surface area contributed by atoms with Crippen molar-refractivity contribution in [2.24, 2.45) is 0 Å². The van der Waals surface area contributed by atoms with E-state index in [0.717, 1.165) is 0 Å². The highest BCUT2D eigenvalue weighted by atomic mass is 35.5. The van der Waals surface area contributed by atoms with Gasteiger partial charge in [-0.2, -0.15) is 0 Å². The molecule has 1 unspecified atom stereocenters. The molecule has 0 amide bonds. The maximum Gasteiger partial charge on any atom is 0.308 e. The van der Waals surface area contributed by atoms with Crippen LogP contribution in [0.15, 0.2) is 24.3 Å². The average molecular weight is 201 g/mol. The zero-order valence-corrected chi connectivity index (χ0v) is 7.78. The van der Waals surface area contributed by atoms with Gasteiger partial charge < -0.3 is 9.84 Å². The van der Waals surface area contributed by atoms with Crippen molar-refractivity contribution in [2.75, 3.05) is 0 Å². The second kappa shape index (κ2) is 4.25. The molecule has 0 aliphatic rings. The van der Waals surface area contributed by atoms with Crippen LogP contribution in [0.3, 0.4) is 0 Å². The van der Waals surface area contributed by atoms with E-state index in [9.17, 15) is 4.79 Å². The summed E-state index contributed by atoms with van der Waals surface area (Å²) in [4.78, 5) is 10.6. The summed E-state index contributed by atoms with van der Waals surface area (Å²) in [5.74, 6) is -0.151. The highest BCUT2D eigenvalue weighted by Gasteiger charge is 2.10. The number of esters is 1. The van der Waals surface area contributed by atoms with E-state index in [0.29, 0.717) is 5.56 Å². The summed E-state index contributed by atoms with van der Waals surface area (Å²) >= 11 is 5.46. The van der Waals surface area contributed by atoms with Crippen molar-refractivity contribution in [3.8, 4) is 5.75 Å². The summed E-state index contributed by atoms with van der Waals surface area (Å²) in [6.07, 6.45) is 0. The minimum Gasteiger partial charge on any atom is -0.426 e. The lowest BCUT2D eigenvalue weighted by Crippen LogP contribution is -2.04. The Morgan fingerprint density at radius 3 is 2.69 bits per heavy atom. The number of ether oxygens (including phenoxy) is 1. The van der Waals surface area contributed by atoms with Gasteiger partial charge in [-0.3, -0.25) is 4.79 Å². The second-order valence-electron chi connectivity index (χ2n) is 2.47. The number of para-hydroxylation sites is 1. The van der Waals surface area contributed by atoms with E-state index in [4.69, 9.17) is 21.4 Å². The van der Waals surface area contributed by atoms with E-state index in [2.05, 4.69) is 0 Å². The predicted molar refractivity (Wildman–Crippen MR) is 48.6 cm³/mol. The number of alkyl halides is 1. The Labute approximate surface area is 80.9 Å². The first-order valence-electron chi connectivity index (χ1n) is 3.70. The van der Waals surface area contributed by atoms with Crippen LogP contribution in [0.4, 0.5) is 0 Å². The molecule has 0 saturated carbocycles. The number of rotatable bonds is 2. The maximum atomic E-state index is 10.6. The Kier molecular flexibility index (Phi) is 3.28. The molecule has 1 aromatic carbocycles. The fourth-order valence-electron chi connectivity index (χ4n) is 0.925. The van der Waals surface area contributed by atoms with Gasteiger partial charge >= 0.3 is 5.97 Å². The van der Waals surface area contributed by atoms with Gasteiger partial charge in [0, 0.05) is 12.5 Å². The first-order chi connectivity index (χ1) is 6.11. The van der Waals surface area contributed by atoms with Crippen molar-refractivity contribution < 1.29 is 14.6 Å². The van der Waals surface area contributed by atoms with Gasteiger partial charge in [-0.25, -0.2) is 0 Å². The van der Waals surface area contributed by atoms with Crippen LogP contribution in [-0.4, -0.2) is 11.1 Å². The van der Waals surface area contributed by atoms with Crippen LogP contribution in [0.2, 0.25) is 0 Å². The third-order valence-corrected chi connectivity index (χ3v) is 1.66. The Bertz CT molecular complexity index is 309. The normalized spacial score (nSPS) is 12.2. The Hall–Kier alpha value is -1.06. The molecule has 70 valence electrons. The highest BCUT2D eigenvalue weighted by molar-refractivity contribution is 6.19. The van der Waals surface area contributed by atoms with Gasteiger partial charge in [-0.05, 0) is 6.07 Å². The number of halogens is 1. The van der Waals surface area contributed by atoms with E-state index >= 15 is 0 Å². The number of aliphatic hydroxyl groups is 1. The molecule has 1 rings (SSSR count). The molecular weight excluding hydrogens is 192 g/mol. The SMILES string of the molecule is CC(=O)Oc1ccccc1C(O)Cl. The van der Waals surface area contributed by atoms with Crippen LogP contribution >= 0.6 is 11.6 Å². The quantitative estimate of drug-likeness (QED) is 0.450. The average Bonchev–Trinajstić information content (AvgIpc) is 2.03. The van der Waals surface area contributed by atoms with E-state index in [-0.39, 0.29) is 5.75 Å². The molecule has 0 aromatic heterocycles. The molecule has 0 spiro atoms. The molecule has 1 aromatic rings. The third-order valence-electron chi connectivity index (χ3n) is 1.43. The Morgan fingerprint density at radius 2 is 2.15 bits per heavy atom. The minimum atomic E-state index is -1.16. The summed E-state index contributed by atoms with van der Waals surface area (Å²) < 4.78 is 4.82. The topological polar surface area (TPSA) is 46.5 Å². The van der Waals surface area contributed by atoms with Crippen LogP contribution in [0.1, 0.15) is 18.1 Å². The molecule has 13 heavy (non-hydrogen) atoms. The summed E-state index contributed by atoms with van der Waals surface area (Å²) in [5.41, 5.74) is -0.769. The first kappa shape index (κ1) is 10.0. The van der Waals surface area contributed by atoms with Gasteiger partial charge in [0.15, 0.2) is 5.56 Å². The van der Waals surface area contributed by atoms with E-state index in [1.165, 1.54) is 6.92 Å². The summed E-state index contributed by atoms with van der Waals surface area (Å²) in [7, 11) is 0. The van der Waals surface area contributed by atoms with Crippen LogP contribution in [0.5, 0.6) is 5.75 Å². The molecular formula is C9H9ClO3. The highest BCUT2D eigenvalue weighted by Crippen LogP contribution is 2.27. The Balaban J connectivity index is 2.97. The van der Waals surface area contributed by atoms with E-state index in [1.54, 1.807) is 24.3 Å². The standard InChI is InChI=1S/C9H9ClO3/c1-6(11)13-8-5-3-2-4-7(8)9(10)12/h2-5,9,12H,1H3. The number of benzene rings is 1. The third kappa shape index (κ3) is 2.72. The minimum absolute atomic E-state index is 0.289. The molecule has 0 heterocycles. The van der Waals surface area contributed by atoms with E-state index < -0.39 is 11.5 Å². The molecule has 4 heteroatoms. The summed E-state index contributed by atoms with van der Waals surface area (Å²) in [6.45, 7) is 1.29. The van der Waals surface area contributed by atoms with Crippen LogP contribution < -0.4 is 4.74 Å². The van der Waals surface area contributed by atoms with Gasteiger partial charge in [0.2, 0.25) is 0 Å². The fraction of sp³-hybridized carbons (Fsp3) is 0.222. The van der Waals surface area contributed by atoms with Crippen molar-refractivity contribution >= 4 is 17.6 Å². The smallest absolute Gasteiger partial charge is 0.308 e. The van der Waals surface area contributed by atoms with Crippen molar-refractivity contribution in [1.29, 1.82) is 0 Å². The lowest BCUT2D eigenvalue weighted by molar-refractivity contribution is -0.131. The van der Waals surface area contributed by atoms with Crippen molar-refractivity contribution in [3.63, 3.8) is 0 Å². The van der Waals surface area contributed by atoms with Crippen molar-refractivity contribution in [3.05, 3.63) is 29.8 Å². The van der Waals surface area contributed by atoms with E-state index in [1.807, 2.05) is 0 Å². The number of hydrogen-bond acceptors (Lipinski definition) is 3. The number of carbonyl (C=O) groups excluding carboxylic acids is 1. The van der Waals surface area contributed by atoms with Crippen molar-refractivity contribution in [1.82, 2.24) is 0 Å². The Morgan fingerprint density at radius 1 is 1.54 bits per heavy atom. The number of carbonyl (C=O) groups is 1. The number of aliphatic hydroxyl groups excluding tert-OH is 1. The van der Waals surface area contributed by atoms with Gasteiger partial charge in [-0.15, -0.1) is 0 Å². The molecule has 0 fully saturated rings. The van der Waals surface area contributed by atoms with Gasteiger partial charge in [0.1, 0.15) is 5.75 Å². The fourth-order valence-corrected chi connectivity index (χ4v) is 1.11. The molecule has 1 atom stereocenters.